The molecule has 0 fully saturated rings. The van der Waals surface area contributed by atoms with Gasteiger partial charge in [-0.3, -0.25) is 0 Å². The Kier molecular flexibility index (Phi) is 6.43. The quantitative estimate of drug-likeness (QED) is 0.256. The van der Waals surface area contributed by atoms with E-state index in [1.165, 1.54) is 0 Å². The maximum atomic E-state index is 12.5. The van der Waals surface area contributed by atoms with Gasteiger partial charge in [0.2, 0.25) is 0 Å². The number of para-hydroxylation sites is 1. The highest BCUT2D eigenvalue weighted by Gasteiger charge is 2.22. The smallest absolute Gasteiger partial charge is 0.336 e. The number of aryl methyl sites for hydroxylation is 2. The number of carboxylic acids is 1. The molecule has 182 valence electrons. The second kappa shape index (κ2) is 9.68. The van der Waals surface area contributed by atoms with Crippen LogP contribution in [0.2, 0.25) is 0 Å². The number of rotatable bonds is 7. The van der Waals surface area contributed by atoms with Crippen LogP contribution in [0.5, 0.6) is 5.75 Å². The molecule has 5 rings (SSSR count). The van der Waals surface area contributed by atoms with Gasteiger partial charge in [0.1, 0.15) is 29.9 Å². The van der Waals surface area contributed by atoms with Crippen molar-refractivity contribution in [1.82, 2.24) is 4.98 Å². The van der Waals surface area contributed by atoms with E-state index in [2.05, 4.69) is 0 Å². The molecule has 0 aliphatic rings. The number of pyridine rings is 1. The molecule has 6 nitrogen and oxygen atoms in total. The van der Waals surface area contributed by atoms with Gasteiger partial charge in [0.05, 0.1) is 16.5 Å². The molecule has 2 aromatic heterocycles. The van der Waals surface area contributed by atoms with Gasteiger partial charge >= 0.3 is 5.97 Å². The Morgan fingerprint density at radius 1 is 1.11 bits per heavy atom. The number of carbonyl (C=O) groups is 1. The lowest BCUT2D eigenvalue weighted by molar-refractivity contribution is 0.0698. The van der Waals surface area contributed by atoms with Gasteiger partial charge in [-0.1, -0.05) is 43.3 Å². The number of aromatic nitrogens is 1. The van der Waals surface area contributed by atoms with Crippen molar-refractivity contribution in [2.24, 2.45) is 0 Å². The van der Waals surface area contributed by atoms with Crippen LogP contribution in [-0.4, -0.2) is 26.9 Å². The summed E-state index contributed by atoms with van der Waals surface area (Å²) in [6.07, 6.45) is 2.30. The first-order valence-electron chi connectivity index (χ1n) is 11.6. The SMILES string of the molecule is CCc1ccc(OCc2cccc([S+](C)[O-])c2)c2c(C(=O)O)cc(-c3oc4ccccc4c3C)nc12. The number of fused-ring (bicyclic) bond motifs is 2. The zero-order valence-electron chi connectivity index (χ0n) is 20.2. The van der Waals surface area contributed by atoms with Gasteiger partial charge in [0.15, 0.2) is 10.7 Å². The molecule has 1 N–H and O–H groups in total. The van der Waals surface area contributed by atoms with Gasteiger partial charge in [-0.15, -0.1) is 0 Å². The lowest BCUT2D eigenvalue weighted by Gasteiger charge is -2.15. The van der Waals surface area contributed by atoms with Crippen molar-refractivity contribution < 1.29 is 23.6 Å². The standard InChI is InChI=1S/C29H25NO5S/c1-4-19-12-13-25(34-16-18-8-7-9-20(14-18)36(3)33)26-22(29(31)32)15-23(30-27(19)26)28-17(2)21-10-5-6-11-24(21)35-28/h5-15H,4,16H2,1-3H3,(H,31,32). The van der Waals surface area contributed by atoms with Crippen molar-refractivity contribution in [3.63, 3.8) is 0 Å². The summed E-state index contributed by atoms with van der Waals surface area (Å²) in [5.41, 5.74) is 4.54. The molecule has 0 spiro atoms. The fourth-order valence-electron chi connectivity index (χ4n) is 4.45. The molecule has 0 amide bonds. The summed E-state index contributed by atoms with van der Waals surface area (Å²) in [5, 5.41) is 11.6. The summed E-state index contributed by atoms with van der Waals surface area (Å²) >= 11 is -1.10. The highest BCUT2D eigenvalue weighted by atomic mass is 32.2. The van der Waals surface area contributed by atoms with E-state index in [0.29, 0.717) is 39.4 Å². The number of hydrogen-bond acceptors (Lipinski definition) is 5. The Bertz CT molecular complexity index is 1600. The lowest BCUT2D eigenvalue weighted by atomic mass is 10.00. The summed E-state index contributed by atoms with van der Waals surface area (Å²) in [4.78, 5) is 18.1. The maximum absolute atomic E-state index is 12.5. The number of ether oxygens (including phenoxy) is 1. The van der Waals surface area contributed by atoms with Crippen molar-refractivity contribution in [3.8, 4) is 17.2 Å². The Morgan fingerprint density at radius 3 is 2.64 bits per heavy atom. The third kappa shape index (κ3) is 4.32. The van der Waals surface area contributed by atoms with E-state index in [4.69, 9.17) is 14.1 Å². The van der Waals surface area contributed by atoms with Crippen molar-refractivity contribution in [1.29, 1.82) is 0 Å². The van der Waals surface area contributed by atoms with E-state index in [9.17, 15) is 14.5 Å². The van der Waals surface area contributed by atoms with Gasteiger partial charge in [0, 0.05) is 10.9 Å². The molecule has 7 heteroatoms. The molecule has 0 saturated heterocycles. The van der Waals surface area contributed by atoms with E-state index in [1.54, 1.807) is 24.5 Å². The summed E-state index contributed by atoms with van der Waals surface area (Å²) in [6, 6.07) is 20.3. The van der Waals surface area contributed by atoms with Crippen LogP contribution in [0.4, 0.5) is 0 Å². The zero-order chi connectivity index (χ0) is 25.4. The normalized spacial score (nSPS) is 12.2. The van der Waals surface area contributed by atoms with Crippen LogP contribution in [0.1, 0.15) is 34.0 Å². The highest BCUT2D eigenvalue weighted by molar-refractivity contribution is 7.90. The van der Waals surface area contributed by atoms with E-state index in [-0.39, 0.29) is 12.2 Å². The van der Waals surface area contributed by atoms with E-state index >= 15 is 0 Å². The molecule has 1 unspecified atom stereocenters. The van der Waals surface area contributed by atoms with Crippen molar-refractivity contribution >= 4 is 39.0 Å². The largest absolute Gasteiger partial charge is 0.612 e. The molecule has 3 aromatic carbocycles. The van der Waals surface area contributed by atoms with Crippen molar-refractivity contribution in [2.45, 2.75) is 31.8 Å². The minimum absolute atomic E-state index is 0.101. The first-order chi connectivity index (χ1) is 17.4. The monoisotopic (exact) mass is 499 g/mol. The fourth-order valence-corrected chi connectivity index (χ4v) is 5.04. The molecule has 1 atom stereocenters. The predicted molar refractivity (Wildman–Crippen MR) is 141 cm³/mol. The van der Waals surface area contributed by atoms with Crippen LogP contribution >= 0.6 is 0 Å². The molecule has 0 bridgehead atoms. The van der Waals surface area contributed by atoms with E-state index in [1.807, 2.05) is 62.4 Å². The fraction of sp³-hybridized carbons (Fsp3) is 0.172. The molecule has 0 aliphatic carbocycles. The van der Waals surface area contributed by atoms with E-state index < -0.39 is 17.1 Å². The van der Waals surface area contributed by atoms with Gasteiger partial charge in [0.25, 0.3) is 0 Å². The van der Waals surface area contributed by atoms with Gasteiger partial charge < -0.3 is 18.8 Å². The number of furan rings is 1. The predicted octanol–water partition coefficient (Wildman–Crippen LogP) is 6.53. The highest BCUT2D eigenvalue weighted by Crippen LogP contribution is 2.37. The third-order valence-corrected chi connectivity index (χ3v) is 7.24. The molecule has 5 aromatic rings. The average Bonchev–Trinajstić information content (AvgIpc) is 3.23. The Hall–Kier alpha value is -3.81. The Labute approximate surface area is 211 Å². The lowest BCUT2D eigenvalue weighted by Crippen LogP contribution is -2.05. The molecule has 0 aliphatic heterocycles. The second-order valence-electron chi connectivity index (χ2n) is 8.60. The van der Waals surface area contributed by atoms with Crippen LogP contribution in [0.15, 0.2) is 76.0 Å². The molecule has 2 heterocycles. The molecular weight excluding hydrogens is 474 g/mol. The molecule has 0 saturated carbocycles. The van der Waals surface area contributed by atoms with Gasteiger partial charge in [-0.25, -0.2) is 9.78 Å². The molecular formula is C29H25NO5S. The summed E-state index contributed by atoms with van der Waals surface area (Å²) in [6.45, 7) is 4.16. The minimum atomic E-state index is -1.10. The summed E-state index contributed by atoms with van der Waals surface area (Å²) < 4.78 is 24.1. The van der Waals surface area contributed by atoms with Crippen LogP contribution in [0, 0.1) is 6.92 Å². The first kappa shape index (κ1) is 23.9. The number of aromatic carboxylic acids is 1. The minimum Gasteiger partial charge on any atom is -0.612 e. The zero-order valence-corrected chi connectivity index (χ0v) is 21.0. The van der Waals surface area contributed by atoms with Crippen LogP contribution < -0.4 is 4.74 Å². The number of benzene rings is 3. The first-order valence-corrected chi connectivity index (χ1v) is 13.2. The molecule has 0 radical (unpaired) electrons. The van der Waals surface area contributed by atoms with Gasteiger partial charge in [-0.2, -0.15) is 0 Å². The molecule has 36 heavy (non-hydrogen) atoms. The van der Waals surface area contributed by atoms with Crippen LogP contribution in [-0.2, 0) is 24.2 Å². The average molecular weight is 500 g/mol. The Morgan fingerprint density at radius 2 is 1.92 bits per heavy atom. The summed E-state index contributed by atoms with van der Waals surface area (Å²) in [5.74, 6) is -0.0831. The number of nitrogens with zero attached hydrogens (tertiary/aromatic N) is 1. The summed E-state index contributed by atoms with van der Waals surface area (Å²) in [7, 11) is 0. The second-order valence-corrected chi connectivity index (χ2v) is 9.98. The van der Waals surface area contributed by atoms with E-state index in [0.717, 1.165) is 27.7 Å². The van der Waals surface area contributed by atoms with Crippen LogP contribution in [0.3, 0.4) is 0 Å². The maximum Gasteiger partial charge on any atom is 0.336 e. The third-order valence-electron chi connectivity index (χ3n) is 6.32. The van der Waals surface area contributed by atoms with Gasteiger partial charge in [-0.05, 0) is 66.0 Å². The Balaban J connectivity index is 1.64. The number of hydrogen-bond donors (Lipinski definition) is 1. The van der Waals surface area contributed by atoms with Crippen molar-refractivity contribution in [3.05, 3.63) is 89.0 Å². The number of carboxylic acid groups (broad SMARTS) is 1. The van der Waals surface area contributed by atoms with Crippen molar-refractivity contribution in [2.75, 3.05) is 6.26 Å². The topological polar surface area (TPSA) is 95.6 Å². The van der Waals surface area contributed by atoms with Crippen LogP contribution in [0.25, 0.3) is 33.3 Å².